The average Bonchev–Trinajstić information content (AvgIpc) is 3.36. The van der Waals surface area contributed by atoms with Crippen molar-refractivity contribution in [3.05, 3.63) is 60.0 Å². The second-order valence-corrected chi connectivity index (χ2v) is 7.92. The van der Waals surface area contributed by atoms with E-state index < -0.39 is 12.4 Å². The predicted octanol–water partition coefficient (Wildman–Crippen LogP) is 5.29. The van der Waals surface area contributed by atoms with Crippen LogP contribution in [0.25, 0.3) is 11.4 Å². The Morgan fingerprint density at radius 3 is 2.39 bits per heavy atom. The highest BCUT2D eigenvalue weighted by Gasteiger charge is 2.36. The van der Waals surface area contributed by atoms with Crippen molar-refractivity contribution >= 4 is 5.91 Å². The largest absolute Gasteiger partial charge is 0.573 e. The van der Waals surface area contributed by atoms with Gasteiger partial charge in [-0.1, -0.05) is 17.3 Å². The van der Waals surface area contributed by atoms with Gasteiger partial charge < -0.3 is 18.9 Å². The number of amides is 1. The summed E-state index contributed by atoms with van der Waals surface area (Å²) in [4.78, 5) is 18.5. The highest BCUT2D eigenvalue weighted by molar-refractivity contribution is 5.78. The normalized spacial score (nSPS) is 16.5. The van der Waals surface area contributed by atoms with Gasteiger partial charge in [0.2, 0.25) is 17.6 Å². The number of carbonyl (C=O) groups excluding carboxylic acids is 1. The third kappa shape index (κ3) is 5.63. The number of hydrogen-bond donors (Lipinski definition) is 0. The maximum absolute atomic E-state index is 12.5. The molecule has 0 aliphatic carbocycles. The Kier molecular flexibility index (Phi) is 6.26. The Bertz CT molecular complexity index is 1100. The first-order valence-electron chi connectivity index (χ1n) is 10.4. The average molecular weight is 461 g/mol. The van der Waals surface area contributed by atoms with Crippen molar-refractivity contribution in [2.75, 3.05) is 0 Å². The van der Waals surface area contributed by atoms with Gasteiger partial charge in [-0.2, -0.15) is 4.98 Å². The van der Waals surface area contributed by atoms with Gasteiger partial charge in [0.15, 0.2) is 0 Å². The van der Waals surface area contributed by atoms with Gasteiger partial charge >= 0.3 is 6.36 Å². The van der Waals surface area contributed by atoms with E-state index in [2.05, 4.69) is 14.9 Å². The first kappa shape index (κ1) is 22.6. The molecule has 2 aromatic carbocycles. The van der Waals surface area contributed by atoms with Crippen LogP contribution in [0, 0.1) is 0 Å². The van der Waals surface area contributed by atoms with E-state index in [1.54, 1.807) is 4.90 Å². The Labute approximate surface area is 188 Å². The van der Waals surface area contributed by atoms with Crippen LogP contribution < -0.4 is 9.47 Å². The second kappa shape index (κ2) is 9.13. The van der Waals surface area contributed by atoms with Crippen molar-refractivity contribution in [2.24, 2.45) is 0 Å². The minimum atomic E-state index is -4.75. The molecule has 1 aromatic heterocycles. The van der Waals surface area contributed by atoms with Gasteiger partial charge in [-0.15, -0.1) is 13.2 Å². The van der Waals surface area contributed by atoms with Crippen LogP contribution in [0.1, 0.15) is 44.2 Å². The van der Waals surface area contributed by atoms with Crippen LogP contribution in [0.3, 0.4) is 0 Å². The third-order valence-corrected chi connectivity index (χ3v) is 5.05. The van der Waals surface area contributed by atoms with Crippen LogP contribution in [0.5, 0.6) is 11.5 Å². The number of nitrogens with zero attached hydrogens (tertiary/aromatic N) is 3. The van der Waals surface area contributed by atoms with E-state index in [0.29, 0.717) is 30.1 Å². The van der Waals surface area contributed by atoms with Crippen molar-refractivity contribution < 1.29 is 32.0 Å². The van der Waals surface area contributed by atoms with Gasteiger partial charge in [-0.05, 0) is 62.2 Å². The standard InChI is InChI=1S/C23H22F3N3O4/c1-14(2)31-17-9-5-16(6-10-17)21-27-22(33-28-21)19-11-12-20(30)29(19)13-15-3-7-18(8-4-15)32-23(24,25)26/h3-10,14,19H,11-13H2,1-2H3. The molecular formula is C23H22F3N3O4. The van der Waals surface area contributed by atoms with E-state index in [1.807, 2.05) is 38.1 Å². The fourth-order valence-electron chi connectivity index (χ4n) is 3.62. The first-order valence-corrected chi connectivity index (χ1v) is 10.4. The number of halogens is 3. The molecule has 0 bridgehead atoms. The van der Waals surface area contributed by atoms with E-state index in [4.69, 9.17) is 9.26 Å². The molecule has 1 aliphatic rings. The molecular weight excluding hydrogens is 439 g/mol. The predicted molar refractivity (Wildman–Crippen MR) is 111 cm³/mol. The summed E-state index contributed by atoms with van der Waals surface area (Å²) in [6, 6.07) is 12.3. The molecule has 4 rings (SSSR count). The first-order chi connectivity index (χ1) is 15.7. The molecule has 10 heteroatoms. The van der Waals surface area contributed by atoms with Crippen molar-refractivity contribution in [3.8, 4) is 22.9 Å². The fraction of sp³-hybridized carbons (Fsp3) is 0.348. The van der Waals surface area contributed by atoms with Crippen molar-refractivity contribution in [1.29, 1.82) is 0 Å². The summed E-state index contributed by atoms with van der Waals surface area (Å²) >= 11 is 0. The molecule has 1 amide bonds. The minimum absolute atomic E-state index is 0.0619. The summed E-state index contributed by atoms with van der Waals surface area (Å²) in [6.07, 6.45) is -3.86. The number of aromatic nitrogens is 2. The highest BCUT2D eigenvalue weighted by Crippen LogP contribution is 2.34. The lowest BCUT2D eigenvalue weighted by Gasteiger charge is -2.22. The van der Waals surface area contributed by atoms with Gasteiger partial charge in [-0.3, -0.25) is 4.79 Å². The molecule has 1 fully saturated rings. The third-order valence-electron chi connectivity index (χ3n) is 5.05. The Morgan fingerprint density at radius 1 is 1.09 bits per heavy atom. The Hall–Kier alpha value is -3.56. The number of hydrogen-bond acceptors (Lipinski definition) is 6. The van der Waals surface area contributed by atoms with Gasteiger partial charge in [0, 0.05) is 18.5 Å². The molecule has 7 nitrogen and oxygen atoms in total. The quantitative estimate of drug-likeness (QED) is 0.476. The summed E-state index contributed by atoms with van der Waals surface area (Å²) < 4.78 is 52.0. The maximum atomic E-state index is 12.5. The lowest BCUT2D eigenvalue weighted by Crippen LogP contribution is -2.27. The number of ether oxygens (including phenoxy) is 2. The number of carbonyl (C=O) groups is 1. The number of rotatable bonds is 7. The molecule has 3 aromatic rings. The van der Waals surface area contributed by atoms with Crippen LogP contribution in [0.2, 0.25) is 0 Å². The van der Waals surface area contributed by atoms with Crippen molar-refractivity contribution in [3.63, 3.8) is 0 Å². The monoisotopic (exact) mass is 461 g/mol. The second-order valence-electron chi connectivity index (χ2n) is 7.92. The fourth-order valence-corrected chi connectivity index (χ4v) is 3.62. The van der Waals surface area contributed by atoms with Gasteiger partial charge in [0.25, 0.3) is 0 Å². The summed E-state index contributed by atoms with van der Waals surface area (Å²) in [5.74, 6) is 1.04. The smallest absolute Gasteiger partial charge is 0.491 e. The Balaban J connectivity index is 1.46. The zero-order valence-electron chi connectivity index (χ0n) is 18.0. The molecule has 33 heavy (non-hydrogen) atoms. The molecule has 0 radical (unpaired) electrons. The maximum Gasteiger partial charge on any atom is 0.573 e. The van der Waals surface area contributed by atoms with Gasteiger partial charge in [-0.25, -0.2) is 0 Å². The topological polar surface area (TPSA) is 77.7 Å². The van der Waals surface area contributed by atoms with E-state index in [0.717, 1.165) is 11.3 Å². The summed E-state index contributed by atoms with van der Waals surface area (Å²) in [6.45, 7) is 4.09. The molecule has 1 atom stereocenters. The van der Waals surface area contributed by atoms with Crippen LogP contribution in [-0.2, 0) is 11.3 Å². The van der Waals surface area contributed by atoms with Crippen LogP contribution >= 0.6 is 0 Å². The van der Waals surface area contributed by atoms with E-state index >= 15 is 0 Å². The Morgan fingerprint density at radius 2 is 1.76 bits per heavy atom. The molecule has 0 spiro atoms. The zero-order valence-corrected chi connectivity index (χ0v) is 18.0. The minimum Gasteiger partial charge on any atom is -0.491 e. The summed E-state index contributed by atoms with van der Waals surface area (Å²) in [7, 11) is 0. The van der Waals surface area contributed by atoms with Crippen LogP contribution in [0.4, 0.5) is 13.2 Å². The molecule has 0 N–H and O–H groups in total. The molecule has 2 heterocycles. The van der Waals surface area contributed by atoms with Gasteiger partial charge in [0.05, 0.1) is 6.10 Å². The van der Waals surface area contributed by atoms with Crippen molar-refractivity contribution in [1.82, 2.24) is 15.0 Å². The molecule has 1 aliphatic heterocycles. The number of likely N-dealkylation sites (tertiary alicyclic amines) is 1. The molecule has 1 saturated heterocycles. The van der Waals surface area contributed by atoms with Crippen molar-refractivity contribution in [2.45, 2.75) is 51.7 Å². The molecule has 1 unspecified atom stereocenters. The van der Waals surface area contributed by atoms with Crippen LogP contribution in [-0.4, -0.2) is 33.4 Å². The zero-order chi connectivity index (χ0) is 23.6. The summed E-state index contributed by atoms with van der Waals surface area (Å²) in [5, 5.41) is 4.05. The SMILES string of the molecule is CC(C)Oc1ccc(-c2noc(C3CCC(=O)N3Cc3ccc(OC(F)(F)F)cc3)n2)cc1. The lowest BCUT2D eigenvalue weighted by molar-refractivity contribution is -0.274. The van der Waals surface area contributed by atoms with E-state index in [9.17, 15) is 18.0 Å². The van der Waals surface area contributed by atoms with Gasteiger partial charge in [0.1, 0.15) is 17.5 Å². The van der Waals surface area contributed by atoms with Crippen LogP contribution in [0.15, 0.2) is 53.1 Å². The number of alkyl halides is 3. The number of benzene rings is 2. The van der Waals surface area contributed by atoms with E-state index in [1.165, 1.54) is 24.3 Å². The van der Waals surface area contributed by atoms with E-state index in [-0.39, 0.29) is 24.3 Å². The lowest BCUT2D eigenvalue weighted by atomic mass is 10.1. The molecule has 174 valence electrons. The summed E-state index contributed by atoms with van der Waals surface area (Å²) in [5.41, 5.74) is 1.41. The highest BCUT2D eigenvalue weighted by atomic mass is 19.4. The molecule has 0 saturated carbocycles.